The highest BCUT2D eigenvalue weighted by atomic mass is 16.2. The summed E-state index contributed by atoms with van der Waals surface area (Å²) in [5.41, 5.74) is 1.97. The maximum Gasteiger partial charge on any atom is 0.241 e. The Morgan fingerprint density at radius 3 is 2.50 bits per heavy atom. The van der Waals surface area contributed by atoms with E-state index in [1.54, 1.807) is 21.1 Å². The summed E-state index contributed by atoms with van der Waals surface area (Å²) in [5.74, 6) is -0.148. The lowest BCUT2D eigenvalue weighted by molar-refractivity contribution is -0.137. The number of nitrogens with one attached hydrogen (secondary N) is 1. The fourth-order valence-corrected chi connectivity index (χ4v) is 2.01. The van der Waals surface area contributed by atoms with Crippen molar-refractivity contribution >= 4 is 22.7 Å². The topological polar surface area (TPSA) is 56.4 Å². The molecule has 0 aliphatic carbocycles. The van der Waals surface area contributed by atoms with Crippen molar-refractivity contribution in [3.8, 4) is 0 Å². The van der Waals surface area contributed by atoms with Crippen molar-refractivity contribution in [2.24, 2.45) is 0 Å². The third-order valence-electron chi connectivity index (χ3n) is 3.31. The smallest absolute Gasteiger partial charge is 0.241 e. The van der Waals surface area contributed by atoms with Crippen LogP contribution in [0.4, 0.5) is 0 Å². The van der Waals surface area contributed by atoms with Crippen LogP contribution < -0.4 is 0 Å². The largest absolute Gasteiger partial charge is 0.361 e. The van der Waals surface area contributed by atoms with Crippen LogP contribution in [0.1, 0.15) is 5.56 Å². The first-order valence-corrected chi connectivity index (χ1v) is 6.48. The highest BCUT2D eigenvalue weighted by molar-refractivity contribution is 5.90. The molecule has 1 aromatic heterocycles. The maximum absolute atomic E-state index is 12.2. The van der Waals surface area contributed by atoms with Gasteiger partial charge in [-0.25, -0.2) is 0 Å². The number of aromatic amines is 1. The number of aromatic nitrogens is 1. The SMILES string of the molecule is CN(C)C(=O)CN(C)C(=O)Cc1c[nH]c2ccccc12. The van der Waals surface area contributed by atoms with Crippen molar-refractivity contribution in [3.05, 3.63) is 36.0 Å². The van der Waals surface area contributed by atoms with Gasteiger partial charge in [-0.1, -0.05) is 18.2 Å². The van der Waals surface area contributed by atoms with E-state index in [1.165, 1.54) is 9.80 Å². The Bertz CT molecular complexity index is 631. The molecule has 0 aliphatic heterocycles. The number of fused-ring (bicyclic) bond motifs is 1. The Morgan fingerprint density at radius 2 is 1.80 bits per heavy atom. The van der Waals surface area contributed by atoms with Gasteiger partial charge in [0.05, 0.1) is 13.0 Å². The second-order valence-corrected chi connectivity index (χ2v) is 5.07. The molecular weight excluding hydrogens is 254 g/mol. The maximum atomic E-state index is 12.2. The number of benzene rings is 1. The Morgan fingerprint density at radius 1 is 1.10 bits per heavy atom. The van der Waals surface area contributed by atoms with Crippen molar-refractivity contribution in [2.75, 3.05) is 27.7 Å². The molecule has 0 saturated heterocycles. The van der Waals surface area contributed by atoms with Gasteiger partial charge >= 0.3 is 0 Å². The van der Waals surface area contributed by atoms with Gasteiger partial charge in [-0.15, -0.1) is 0 Å². The number of amides is 2. The van der Waals surface area contributed by atoms with E-state index in [1.807, 2.05) is 30.5 Å². The van der Waals surface area contributed by atoms with Crippen LogP contribution in [-0.2, 0) is 16.0 Å². The van der Waals surface area contributed by atoms with E-state index in [9.17, 15) is 9.59 Å². The molecule has 1 heterocycles. The predicted octanol–water partition coefficient (Wildman–Crippen LogP) is 1.26. The summed E-state index contributed by atoms with van der Waals surface area (Å²) in [7, 11) is 5.01. The highest BCUT2D eigenvalue weighted by Crippen LogP contribution is 2.18. The molecule has 5 nitrogen and oxygen atoms in total. The van der Waals surface area contributed by atoms with Gasteiger partial charge in [0.15, 0.2) is 0 Å². The molecule has 2 rings (SSSR count). The number of nitrogens with zero attached hydrogens (tertiary/aromatic N) is 2. The van der Waals surface area contributed by atoms with Crippen LogP contribution in [0.2, 0.25) is 0 Å². The molecule has 0 fully saturated rings. The molecule has 0 radical (unpaired) electrons. The molecule has 1 aromatic carbocycles. The van der Waals surface area contributed by atoms with E-state index < -0.39 is 0 Å². The second kappa shape index (κ2) is 5.77. The van der Waals surface area contributed by atoms with Gasteiger partial charge in [-0.05, 0) is 11.6 Å². The lowest BCUT2D eigenvalue weighted by atomic mass is 10.1. The monoisotopic (exact) mass is 273 g/mol. The van der Waals surface area contributed by atoms with Gasteiger partial charge < -0.3 is 14.8 Å². The number of hydrogen-bond acceptors (Lipinski definition) is 2. The molecule has 2 amide bonds. The second-order valence-electron chi connectivity index (χ2n) is 5.07. The van der Waals surface area contributed by atoms with Crippen molar-refractivity contribution in [3.63, 3.8) is 0 Å². The van der Waals surface area contributed by atoms with Crippen molar-refractivity contribution in [2.45, 2.75) is 6.42 Å². The molecular formula is C15H19N3O2. The summed E-state index contributed by atoms with van der Waals surface area (Å²) in [6.07, 6.45) is 2.14. The summed E-state index contributed by atoms with van der Waals surface area (Å²) in [4.78, 5) is 29.8. The third kappa shape index (κ3) is 2.99. The quantitative estimate of drug-likeness (QED) is 0.911. The number of rotatable bonds is 4. The first-order chi connectivity index (χ1) is 9.49. The Hall–Kier alpha value is -2.30. The molecule has 0 aliphatic rings. The highest BCUT2D eigenvalue weighted by Gasteiger charge is 2.16. The number of para-hydroxylation sites is 1. The lowest BCUT2D eigenvalue weighted by Crippen LogP contribution is -2.38. The number of carbonyl (C=O) groups is 2. The van der Waals surface area contributed by atoms with Crippen LogP contribution in [-0.4, -0.2) is 54.3 Å². The Kier molecular flexibility index (Phi) is 4.08. The number of H-pyrrole nitrogens is 1. The average molecular weight is 273 g/mol. The van der Waals surface area contributed by atoms with Gasteiger partial charge in [0.25, 0.3) is 0 Å². The van der Waals surface area contributed by atoms with Crippen LogP contribution in [0, 0.1) is 0 Å². The van der Waals surface area contributed by atoms with Gasteiger partial charge in [-0.3, -0.25) is 9.59 Å². The zero-order chi connectivity index (χ0) is 14.7. The minimum atomic E-state index is -0.0835. The van der Waals surface area contributed by atoms with Crippen LogP contribution >= 0.6 is 0 Å². The number of likely N-dealkylation sites (N-methyl/N-ethyl adjacent to an activating group) is 2. The van der Waals surface area contributed by atoms with Crippen LogP contribution in [0.15, 0.2) is 30.5 Å². The summed E-state index contributed by atoms with van der Waals surface area (Å²) in [5, 5.41) is 1.05. The van der Waals surface area contributed by atoms with Gasteiger partial charge in [0.1, 0.15) is 0 Å². The normalized spacial score (nSPS) is 10.6. The molecule has 0 bridgehead atoms. The summed E-state index contributed by atoms with van der Waals surface area (Å²) >= 11 is 0. The number of carbonyl (C=O) groups excluding carboxylic acids is 2. The minimum Gasteiger partial charge on any atom is -0.361 e. The first-order valence-electron chi connectivity index (χ1n) is 6.48. The van der Waals surface area contributed by atoms with Crippen molar-refractivity contribution in [1.82, 2.24) is 14.8 Å². The van der Waals surface area contributed by atoms with E-state index in [2.05, 4.69) is 4.98 Å². The van der Waals surface area contributed by atoms with Gasteiger partial charge in [0.2, 0.25) is 11.8 Å². The van der Waals surface area contributed by atoms with E-state index in [4.69, 9.17) is 0 Å². The van der Waals surface area contributed by atoms with E-state index in [0.717, 1.165) is 16.5 Å². The lowest BCUT2D eigenvalue weighted by Gasteiger charge is -2.19. The van der Waals surface area contributed by atoms with Gasteiger partial charge in [-0.2, -0.15) is 0 Å². The van der Waals surface area contributed by atoms with Crippen LogP contribution in [0.3, 0.4) is 0 Å². The average Bonchev–Trinajstić information content (AvgIpc) is 2.82. The van der Waals surface area contributed by atoms with E-state index in [-0.39, 0.29) is 18.4 Å². The van der Waals surface area contributed by atoms with Crippen molar-refractivity contribution in [1.29, 1.82) is 0 Å². The molecule has 106 valence electrons. The standard InChI is InChI=1S/C15H19N3O2/c1-17(2)15(20)10-18(3)14(19)8-11-9-16-13-7-5-4-6-12(11)13/h4-7,9,16H,8,10H2,1-3H3. The van der Waals surface area contributed by atoms with E-state index in [0.29, 0.717) is 6.42 Å². The minimum absolute atomic E-state index is 0.0649. The van der Waals surface area contributed by atoms with E-state index >= 15 is 0 Å². The molecule has 0 saturated carbocycles. The van der Waals surface area contributed by atoms with Crippen LogP contribution in [0.5, 0.6) is 0 Å². The molecule has 2 aromatic rings. The zero-order valence-corrected chi connectivity index (χ0v) is 12.0. The Labute approximate surface area is 118 Å². The third-order valence-corrected chi connectivity index (χ3v) is 3.31. The van der Waals surface area contributed by atoms with Crippen LogP contribution in [0.25, 0.3) is 10.9 Å². The summed E-state index contributed by atoms with van der Waals surface area (Å²) in [6.45, 7) is 0.105. The molecule has 0 spiro atoms. The molecule has 0 unspecified atom stereocenters. The molecule has 0 atom stereocenters. The summed E-state index contributed by atoms with van der Waals surface area (Å²) < 4.78 is 0. The Balaban J connectivity index is 2.06. The molecule has 20 heavy (non-hydrogen) atoms. The summed E-state index contributed by atoms with van der Waals surface area (Å²) in [6, 6.07) is 7.86. The van der Waals surface area contributed by atoms with Gasteiger partial charge in [0, 0.05) is 38.2 Å². The zero-order valence-electron chi connectivity index (χ0n) is 12.0. The fourth-order valence-electron chi connectivity index (χ4n) is 2.01. The number of hydrogen-bond donors (Lipinski definition) is 1. The van der Waals surface area contributed by atoms with Crippen molar-refractivity contribution < 1.29 is 9.59 Å². The fraction of sp³-hybridized carbons (Fsp3) is 0.333. The first kappa shape index (κ1) is 14.1. The molecule has 5 heteroatoms. The molecule has 1 N–H and O–H groups in total. The predicted molar refractivity (Wildman–Crippen MR) is 78.3 cm³/mol.